The third-order valence-electron chi connectivity index (χ3n) is 5.20. The van der Waals surface area contributed by atoms with Crippen LogP contribution in [0.1, 0.15) is 76.3 Å². The Bertz CT molecular complexity index is 791. The summed E-state index contributed by atoms with van der Waals surface area (Å²) in [4.78, 5) is 10.9. The SMILES string of the molecule is CCCCCCCCCCOc1ccc(COc2ccc(C=C(C)C(=O)O)cc2)cc1. The maximum Gasteiger partial charge on any atom is 0.331 e. The molecule has 0 aliphatic heterocycles. The lowest BCUT2D eigenvalue weighted by Crippen LogP contribution is -1.99. The summed E-state index contributed by atoms with van der Waals surface area (Å²) < 4.78 is 11.7. The summed E-state index contributed by atoms with van der Waals surface area (Å²) in [6.07, 6.45) is 12.0. The number of carboxylic acid groups (broad SMARTS) is 1. The Morgan fingerprint density at radius 1 is 0.806 bits per heavy atom. The average molecular weight is 425 g/mol. The molecule has 0 heterocycles. The lowest BCUT2D eigenvalue weighted by molar-refractivity contribution is -0.132. The van der Waals surface area contributed by atoms with Crippen molar-refractivity contribution in [3.05, 3.63) is 65.2 Å². The Labute approximate surface area is 186 Å². The Balaban J connectivity index is 1.65. The minimum absolute atomic E-state index is 0.304. The molecule has 2 rings (SSSR count). The number of aliphatic carboxylic acids is 1. The van der Waals surface area contributed by atoms with Gasteiger partial charge in [-0.1, -0.05) is 76.1 Å². The quantitative estimate of drug-likeness (QED) is 0.241. The van der Waals surface area contributed by atoms with Gasteiger partial charge in [-0.25, -0.2) is 4.79 Å². The lowest BCUT2D eigenvalue weighted by Gasteiger charge is -2.09. The van der Waals surface area contributed by atoms with Crippen molar-refractivity contribution in [3.63, 3.8) is 0 Å². The molecule has 0 radical (unpaired) electrons. The Morgan fingerprint density at radius 2 is 1.35 bits per heavy atom. The molecule has 0 aliphatic carbocycles. The summed E-state index contributed by atoms with van der Waals surface area (Å²) in [7, 11) is 0. The van der Waals surface area contributed by atoms with Gasteiger partial charge >= 0.3 is 5.97 Å². The van der Waals surface area contributed by atoms with Gasteiger partial charge in [-0.2, -0.15) is 0 Å². The molecule has 0 bridgehead atoms. The first kappa shape index (κ1) is 24.5. The summed E-state index contributed by atoms with van der Waals surface area (Å²) in [6.45, 7) is 5.08. The van der Waals surface area contributed by atoms with Gasteiger partial charge < -0.3 is 14.6 Å². The largest absolute Gasteiger partial charge is 0.494 e. The highest BCUT2D eigenvalue weighted by atomic mass is 16.5. The Hall–Kier alpha value is -2.75. The van der Waals surface area contributed by atoms with Crippen LogP contribution >= 0.6 is 0 Å². The van der Waals surface area contributed by atoms with Crippen LogP contribution in [0, 0.1) is 0 Å². The van der Waals surface area contributed by atoms with Crippen molar-refractivity contribution in [1.82, 2.24) is 0 Å². The van der Waals surface area contributed by atoms with Gasteiger partial charge in [0.1, 0.15) is 18.1 Å². The number of carbonyl (C=O) groups is 1. The third-order valence-corrected chi connectivity index (χ3v) is 5.20. The molecule has 0 saturated carbocycles. The molecule has 0 atom stereocenters. The molecule has 0 aromatic heterocycles. The minimum Gasteiger partial charge on any atom is -0.494 e. The topological polar surface area (TPSA) is 55.8 Å². The van der Waals surface area contributed by atoms with Gasteiger partial charge in [0.25, 0.3) is 0 Å². The van der Waals surface area contributed by atoms with Crippen molar-refractivity contribution >= 4 is 12.0 Å². The predicted molar refractivity (Wildman–Crippen MR) is 127 cm³/mol. The van der Waals surface area contributed by atoms with Crippen LogP contribution in [0.5, 0.6) is 11.5 Å². The highest BCUT2D eigenvalue weighted by Gasteiger charge is 2.01. The van der Waals surface area contributed by atoms with Crippen LogP contribution in [0.25, 0.3) is 6.08 Å². The van der Waals surface area contributed by atoms with Crippen LogP contribution in [0.15, 0.2) is 54.1 Å². The van der Waals surface area contributed by atoms with Gasteiger partial charge in [-0.05, 0) is 54.8 Å². The molecule has 0 fully saturated rings. The second kappa shape index (κ2) is 14.3. The molecule has 0 spiro atoms. The molecule has 0 amide bonds. The van der Waals surface area contributed by atoms with E-state index < -0.39 is 5.97 Å². The van der Waals surface area contributed by atoms with Gasteiger partial charge in [0.05, 0.1) is 6.61 Å². The van der Waals surface area contributed by atoms with E-state index in [0.29, 0.717) is 12.2 Å². The second-order valence-electron chi connectivity index (χ2n) is 7.96. The molecule has 2 aromatic carbocycles. The van der Waals surface area contributed by atoms with E-state index >= 15 is 0 Å². The third kappa shape index (κ3) is 10.2. The summed E-state index contributed by atoms with van der Waals surface area (Å²) in [5.41, 5.74) is 2.22. The number of unbranched alkanes of at least 4 members (excludes halogenated alkanes) is 7. The maximum absolute atomic E-state index is 10.9. The molecule has 4 nitrogen and oxygen atoms in total. The monoisotopic (exact) mass is 424 g/mol. The van der Waals surface area contributed by atoms with Gasteiger partial charge in [-0.15, -0.1) is 0 Å². The van der Waals surface area contributed by atoms with Crippen LogP contribution in [0.4, 0.5) is 0 Å². The van der Waals surface area contributed by atoms with Crippen LogP contribution in [-0.2, 0) is 11.4 Å². The van der Waals surface area contributed by atoms with E-state index in [2.05, 4.69) is 6.92 Å². The molecular weight excluding hydrogens is 388 g/mol. The molecule has 4 heteroatoms. The van der Waals surface area contributed by atoms with Crippen molar-refractivity contribution < 1.29 is 19.4 Å². The summed E-state index contributed by atoms with van der Waals surface area (Å²) in [6, 6.07) is 15.4. The zero-order valence-electron chi connectivity index (χ0n) is 18.9. The van der Waals surface area contributed by atoms with Crippen LogP contribution in [-0.4, -0.2) is 17.7 Å². The van der Waals surface area contributed by atoms with E-state index in [1.54, 1.807) is 13.0 Å². The van der Waals surface area contributed by atoms with Crippen LogP contribution in [0.3, 0.4) is 0 Å². The van der Waals surface area contributed by atoms with Gasteiger partial charge in [-0.3, -0.25) is 0 Å². The molecule has 0 aliphatic rings. The summed E-state index contributed by atoms with van der Waals surface area (Å²) >= 11 is 0. The predicted octanol–water partition coefficient (Wildman–Crippen LogP) is 7.27. The van der Waals surface area contributed by atoms with E-state index in [9.17, 15) is 4.79 Å². The van der Waals surface area contributed by atoms with E-state index in [4.69, 9.17) is 14.6 Å². The van der Waals surface area contributed by atoms with Crippen molar-refractivity contribution in [2.24, 2.45) is 0 Å². The van der Waals surface area contributed by atoms with Crippen molar-refractivity contribution in [3.8, 4) is 11.5 Å². The first-order valence-corrected chi connectivity index (χ1v) is 11.4. The van der Waals surface area contributed by atoms with Gasteiger partial charge in [0.15, 0.2) is 0 Å². The number of ether oxygens (including phenoxy) is 2. The van der Waals surface area contributed by atoms with E-state index in [1.807, 2.05) is 48.5 Å². The highest BCUT2D eigenvalue weighted by molar-refractivity contribution is 5.91. The molecule has 168 valence electrons. The van der Waals surface area contributed by atoms with E-state index in [0.717, 1.165) is 35.7 Å². The Kier molecular flexibility index (Phi) is 11.3. The number of benzene rings is 2. The zero-order valence-corrected chi connectivity index (χ0v) is 18.9. The molecule has 0 saturated heterocycles. The summed E-state index contributed by atoms with van der Waals surface area (Å²) in [5, 5.41) is 8.94. The van der Waals surface area contributed by atoms with E-state index in [-0.39, 0.29) is 0 Å². The van der Waals surface area contributed by atoms with Crippen molar-refractivity contribution in [1.29, 1.82) is 0 Å². The average Bonchev–Trinajstić information content (AvgIpc) is 2.78. The molecule has 1 N–H and O–H groups in total. The number of rotatable bonds is 15. The highest BCUT2D eigenvalue weighted by Crippen LogP contribution is 2.18. The standard InChI is InChI=1S/C27H36O4/c1-3-4-5-6-7-8-9-10-19-30-25-17-13-24(14-18-25)21-31-26-15-11-23(12-16-26)20-22(2)27(28)29/h11-18,20H,3-10,19,21H2,1-2H3,(H,28,29). The van der Waals surface area contributed by atoms with E-state index in [1.165, 1.54) is 44.9 Å². The Morgan fingerprint density at radius 3 is 1.97 bits per heavy atom. The number of hydrogen-bond acceptors (Lipinski definition) is 3. The summed E-state index contributed by atoms with van der Waals surface area (Å²) in [5.74, 6) is 0.738. The minimum atomic E-state index is -0.912. The molecule has 0 unspecified atom stereocenters. The van der Waals surface area contributed by atoms with Gasteiger partial charge in [0, 0.05) is 5.57 Å². The fourth-order valence-corrected chi connectivity index (χ4v) is 3.25. The fraction of sp³-hybridized carbons (Fsp3) is 0.444. The second-order valence-corrected chi connectivity index (χ2v) is 7.96. The first-order valence-electron chi connectivity index (χ1n) is 11.4. The van der Waals surface area contributed by atoms with Crippen molar-refractivity contribution in [2.75, 3.05) is 6.61 Å². The number of hydrogen-bond donors (Lipinski definition) is 1. The maximum atomic E-state index is 10.9. The zero-order chi connectivity index (χ0) is 22.3. The first-order chi connectivity index (χ1) is 15.1. The smallest absolute Gasteiger partial charge is 0.331 e. The normalized spacial score (nSPS) is 11.4. The van der Waals surface area contributed by atoms with Crippen LogP contribution in [0.2, 0.25) is 0 Å². The van der Waals surface area contributed by atoms with Gasteiger partial charge in [0.2, 0.25) is 0 Å². The molecule has 2 aromatic rings. The molecule has 31 heavy (non-hydrogen) atoms. The lowest BCUT2D eigenvalue weighted by atomic mass is 10.1. The fourth-order valence-electron chi connectivity index (χ4n) is 3.25. The molecular formula is C27H36O4. The number of carboxylic acids is 1. The van der Waals surface area contributed by atoms with Crippen molar-refractivity contribution in [2.45, 2.75) is 71.8 Å². The van der Waals surface area contributed by atoms with Crippen LogP contribution < -0.4 is 9.47 Å².